The van der Waals surface area contributed by atoms with E-state index in [0.29, 0.717) is 38.9 Å². The molecular weight excluding hydrogens is 276 g/mol. The fourth-order valence-electron chi connectivity index (χ4n) is 1.34. The van der Waals surface area contributed by atoms with E-state index in [-0.39, 0.29) is 18.1 Å². The van der Waals surface area contributed by atoms with Gasteiger partial charge in [0.15, 0.2) is 0 Å². The highest BCUT2D eigenvalue weighted by Gasteiger charge is 2.09. The SMILES string of the molecule is CCNc1nc(OCCOCCOC)nc(OC(C)C)n1. The molecule has 0 aliphatic rings. The van der Waals surface area contributed by atoms with Gasteiger partial charge in [-0.2, -0.15) is 9.97 Å². The van der Waals surface area contributed by atoms with Gasteiger partial charge in [0.05, 0.1) is 25.9 Å². The molecule has 0 spiro atoms. The van der Waals surface area contributed by atoms with Crippen molar-refractivity contribution in [2.24, 2.45) is 0 Å². The zero-order valence-corrected chi connectivity index (χ0v) is 13.1. The van der Waals surface area contributed by atoms with Crippen molar-refractivity contribution in [3.8, 4) is 12.0 Å². The molecule has 0 aromatic carbocycles. The highest BCUT2D eigenvalue weighted by Crippen LogP contribution is 2.13. The van der Waals surface area contributed by atoms with Crippen molar-refractivity contribution in [1.29, 1.82) is 0 Å². The molecule has 8 heteroatoms. The first-order chi connectivity index (χ1) is 10.2. The zero-order valence-electron chi connectivity index (χ0n) is 13.1. The molecule has 0 atom stereocenters. The Hall–Kier alpha value is -1.67. The van der Waals surface area contributed by atoms with Gasteiger partial charge >= 0.3 is 12.0 Å². The Morgan fingerprint density at radius 3 is 2.38 bits per heavy atom. The van der Waals surface area contributed by atoms with Crippen LogP contribution in [-0.2, 0) is 9.47 Å². The van der Waals surface area contributed by atoms with Crippen LogP contribution in [0, 0.1) is 0 Å². The molecule has 0 aliphatic heterocycles. The molecule has 1 heterocycles. The standard InChI is InChI=1S/C13H24N4O4/c1-5-14-11-15-12(17-13(16-11)21-10(2)3)20-9-8-19-7-6-18-4/h10H,5-9H2,1-4H3,(H,14,15,16,17). The molecule has 0 bridgehead atoms. The Labute approximate surface area is 125 Å². The van der Waals surface area contributed by atoms with Crippen molar-refractivity contribution in [3.05, 3.63) is 0 Å². The minimum absolute atomic E-state index is 0.0212. The Kier molecular flexibility index (Phi) is 8.37. The number of hydrogen-bond donors (Lipinski definition) is 1. The minimum atomic E-state index is -0.0212. The quantitative estimate of drug-likeness (QED) is 0.609. The van der Waals surface area contributed by atoms with Crippen molar-refractivity contribution in [3.63, 3.8) is 0 Å². The van der Waals surface area contributed by atoms with Crippen LogP contribution in [0.3, 0.4) is 0 Å². The average molecular weight is 300 g/mol. The second kappa shape index (κ2) is 10.1. The summed E-state index contributed by atoms with van der Waals surface area (Å²) in [7, 11) is 1.63. The van der Waals surface area contributed by atoms with Gasteiger partial charge in [-0.3, -0.25) is 0 Å². The Morgan fingerprint density at radius 1 is 1.00 bits per heavy atom. The normalized spacial score (nSPS) is 10.7. The molecule has 0 aliphatic carbocycles. The van der Waals surface area contributed by atoms with Crippen molar-refractivity contribution in [2.45, 2.75) is 26.9 Å². The van der Waals surface area contributed by atoms with Gasteiger partial charge in [0.1, 0.15) is 6.61 Å². The summed E-state index contributed by atoms with van der Waals surface area (Å²) in [6.45, 7) is 8.33. The number of aromatic nitrogens is 3. The summed E-state index contributed by atoms with van der Waals surface area (Å²) >= 11 is 0. The monoisotopic (exact) mass is 300 g/mol. The van der Waals surface area contributed by atoms with Crippen LogP contribution >= 0.6 is 0 Å². The highest BCUT2D eigenvalue weighted by molar-refractivity contribution is 5.27. The molecule has 21 heavy (non-hydrogen) atoms. The fraction of sp³-hybridized carbons (Fsp3) is 0.769. The van der Waals surface area contributed by atoms with Crippen LogP contribution in [0.15, 0.2) is 0 Å². The molecule has 8 nitrogen and oxygen atoms in total. The largest absolute Gasteiger partial charge is 0.461 e. The maximum atomic E-state index is 5.47. The summed E-state index contributed by atoms with van der Waals surface area (Å²) in [6, 6.07) is 0.457. The lowest BCUT2D eigenvalue weighted by Gasteiger charge is -2.11. The lowest BCUT2D eigenvalue weighted by atomic mass is 10.5. The minimum Gasteiger partial charge on any atom is -0.461 e. The first-order valence-corrected chi connectivity index (χ1v) is 7.01. The van der Waals surface area contributed by atoms with Crippen molar-refractivity contribution in [2.75, 3.05) is 45.4 Å². The molecule has 0 fully saturated rings. The third-order valence-corrected chi connectivity index (χ3v) is 2.16. The van der Waals surface area contributed by atoms with Crippen LogP contribution in [0.25, 0.3) is 0 Å². The van der Waals surface area contributed by atoms with E-state index >= 15 is 0 Å². The van der Waals surface area contributed by atoms with E-state index in [0.717, 1.165) is 0 Å². The number of rotatable bonds is 11. The van der Waals surface area contributed by atoms with E-state index in [1.165, 1.54) is 0 Å². The molecule has 1 aromatic rings. The molecule has 0 unspecified atom stereocenters. The predicted molar refractivity (Wildman–Crippen MR) is 77.9 cm³/mol. The van der Waals surface area contributed by atoms with Gasteiger partial charge in [-0.15, -0.1) is 4.98 Å². The van der Waals surface area contributed by atoms with Crippen LogP contribution < -0.4 is 14.8 Å². The van der Waals surface area contributed by atoms with Crippen LogP contribution in [-0.4, -0.2) is 61.1 Å². The second-order valence-electron chi connectivity index (χ2n) is 4.37. The molecular formula is C13H24N4O4. The smallest absolute Gasteiger partial charge is 0.324 e. The molecule has 1 N–H and O–H groups in total. The summed E-state index contributed by atoms with van der Waals surface area (Å²) < 4.78 is 21.1. The molecule has 1 rings (SSSR count). The molecule has 120 valence electrons. The maximum absolute atomic E-state index is 5.47. The summed E-state index contributed by atoms with van der Waals surface area (Å²) in [4.78, 5) is 12.4. The van der Waals surface area contributed by atoms with Gasteiger partial charge < -0.3 is 24.3 Å². The number of nitrogens with zero attached hydrogens (tertiary/aromatic N) is 3. The van der Waals surface area contributed by atoms with Gasteiger partial charge in [-0.1, -0.05) is 0 Å². The van der Waals surface area contributed by atoms with E-state index in [1.807, 2.05) is 20.8 Å². The lowest BCUT2D eigenvalue weighted by molar-refractivity contribution is 0.0525. The topological polar surface area (TPSA) is 87.6 Å². The van der Waals surface area contributed by atoms with Crippen LogP contribution in [0.5, 0.6) is 12.0 Å². The molecule has 0 saturated carbocycles. The van der Waals surface area contributed by atoms with E-state index < -0.39 is 0 Å². The molecule has 0 amide bonds. The second-order valence-corrected chi connectivity index (χ2v) is 4.37. The van der Waals surface area contributed by atoms with Gasteiger partial charge in [0, 0.05) is 13.7 Å². The van der Waals surface area contributed by atoms with Gasteiger partial charge in [0.2, 0.25) is 5.95 Å². The summed E-state index contributed by atoms with van der Waals surface area (Å²) in [5, 5.41) is 3.01. The molecule has 0 radical (unpaired) electrons. The number of hydrogen-bond acceptors (Lipinski definition) is 8. The summed E-state index contributed by atoms with van der Waals surface area (Å²) in [5.74, 6) is 0.429. The number of methoxy groups -OCH3 is 1. The first kappa shape index (κ1) is 17.4. The van der Waals surface area contributed by atoms with Crippen molar-refractivity contribution >= 4 is 5.95 Å². The van der Waals surface area contributed by atoms with Crippen molar-refractivity contribution < 1.29 is 18.9 Å². The fourth-order valence-corrected chi connectivity index (χ4v) is 1.34. The molecule has 0 saturated heterocycles. The van der Waals surface area contributed by atoms with Crippen LogP contribution in [0.1, 0.15) is 20.8 Å². The zero-order chi connectivity index (χ0) is 15.5. The Morgan fingerprint density at radius 2 is 1.71 bits per heavy atom. The van der Waals surface area contributed by atoms with Crippen LogP contribution in [0.2, 0.25) is 0 Å². The first-order valence-electron chi connectivity index (χ1n) is 7.01. The van der Waals surface area contributed by atoms with E-state index in [1.54, 1.807) is 7.11 Å². The third-order valence-electron chi connectivity index (χ3n) is 2.16. The molecule has 1 aromatic heterocycles. The summed E-state index contributed by atoms with van der Waals surface area (Å²) in [5.41, 5.74) is 0. The average Bonchev–Trinajstić information content (AvgIpc) is 2.42. The van der Waals surface area contributed by atoms with Crippen LogP contribution in [0.4, 0.5) is 5.95 Å². The van der Waals surface area contributed by atoms with E-state index in [9.17, 15) is 0 Å². The number of ether oxygens (including phenoxy) is 4. The maximum Gasteiger partial charge on any atom is 0.324 e. The van der Waals surface area contributed by atoms with E-state index in [4.69, 9.17) is 18.9 Å². The summed E-state index contributed by atoms with van der Waals surface area (Å²) in [6.07, 6.45) is -0.0212. The van der Waals surface area contributed by atoms with E-state index in [2.05, 4.69) is 20.3 Å². The number of anilines is 1. The van der Waals surface area contributed by atoms with Crippen molar-refractivity contribution in [1.82, 2.24) is 15.0 Å². The Balaban J connectivity index is 2.52. The van der Waals surface area contributed by atoms with Gasteiger partial charge in [0.25, 0.3) is 0 Å². The Bertz CT molecular complexity index is 404. The number of nitrogens with one attached hydrogen (secondary N) is 1. The predicted octanol–water partition coefficient (Wildman–Crippen LogP) is 1.13. The van der Waals surface area contributed by atoms with Gasteiger partial charge in [-0.05, 0) is 20.8 Å². The highest BCUT2D eigenvalue weighted by atomic mass is 16.5. The van der Waals surface area contributed by atoms with Gasteiger partial charge in [-0.25, -0.2) is 0 Å². The lowest BCUT2D eigenvalue weighted by Crippen LogP contribution is -2.14. The third kappa shape index (κ3) is 7.62.